The van der Waals surface area contributed by atoms with Gasteiger partial charge in [0, 0.05) is 6.54 Å². The lowest BCUT2D eigenvalue weighted by atomic mass is 10.1. The maximum Gasteiger partial charge on any atom is 0.378 e. The molecule has 0 aromatic heterocycles. The zero-order chi connectivity index (χ0) is 13.9. The Labute approximate surface area is 100 Å². The van der Waals surface area contributed by atoms with Crippen molar-refractivity contribution < 1.29 is 39.5 Å². The zero-order valence-electron chi connectivity index (χ0n) is 8.99. The summed E-state index contributed by atoms with van der Waals surface area (Å²) in [5.74, 6) is -5.44. The number of carboxylic acid groups (broad SMARTS) is 1. The quantitative estimate of drug-likeness (QED) is 0.363. The number of amides is 1. The SMILES string of the molecule is O=C(O)CCNC(=O)[C@H](O)[C@H]1OC(=O)C(O)=C1O. The summed E-state index contributed by atoms with van der Waals surface area (Å²) in [6.07, 6.45) is -3.98. The van der Waals surface area contributed by atoms with Crippen molar-refractivity contribution in [2.75, 3.05) is 6.54 Å². The van der Waals surface area contributed by atoms with E-state index in [1.54, 1.807) is 0 Å². The first kappa shape index (κ1) is 13.8. The lowest BCUT2D eigenvalue weighted by Gasteiger charge is -2.16. The molecular weight excluding hydrogens is 250 g/mol. The Bertz CT molecular complexity index is 415. The fourth-order valence-corrected chi connectivity index (χ4v) is 1.21. The highest BCUT2D eigenvalue weighted by atomic mass is 16.6. The zero-order valence-corrected chi connectivity index (χ0v) is 8.99. The van der Waals surface area contributed by atoms with E-state index in [4.69, 9.17) is 10.2 Å². The lowest BCUT2D eigenvalue weighted by Crippen LogP contribution is -2.43. The topological polar surface area (TPSA) is 153 Å². The van der Waals surface area contributed by atoms with Crippen LogP contribution in [0.2, 0.25) is 0 Å². The predicted octanol–water partition coefficient (Wildman–Crippen LogP) is -1.81. The molecule has 2 atom stereocenters. The van der Waals surface area contributed by atoms with Gasteiger partial charge in [0.2, 0.25) is 5.76 Å². The van der Waals surface area contributed by atoms with E-state index in [0.717, 1.165) is 0 Å². The van der Waals surface area contributed by atoms with Crippen LogP contribution in [0.15, 0.2) is 11.5 Å². The smallest absolute Gasteiger partial charge is 0.378 e. The number of esters is 1. The monoisotopic (exact) mass is 261 g/mol. The molecule has 1 amide bonds. The van der Waals surface area contributed by atoms with E-state index < -0.39 is 41.6 Å². The second-order valence-corrected chi connectivity index (χ2v) is 3.44. The molecule has 0 aromatic rings. The van der Waals surface area contributed by atoms with Crippen LogP contribution in [-0.2, 0) is 19.1 Å². The lowest BCUT2D eigenvalue weighted by molar-refractivity contribution is -0.151. The van der Waals surface area contributed by atoms with E-state index in [2.05, 4.69) is 10.1 Å². The number of cyclic esters (lactones) is 1. The van der Waals surface area contributed by atoms with Gasteiger partial charge in [-0.25, -0.2) is 4.79 Å². The van der Waals surface area contributed by atoms with Crippen molar-refractivity contribution in [3.63, 3.8) is 0 Å². The van der Waals surface area contributed by atoms with Crippen LogP contribution < -0.4 is 5.32 Å². The number of carboxylic acids is 1. The van der Waals surface area contributed by atoms with Crippen LogP contribution >= 0.6 is 0 Å². The van der Waals surface area contributed by atoms with Gasteiger partial charge in [-0.05, 0) is 0 Å². The van der Waals surface area contributed by atoms with Crippen molar-refractivity contribution in [2.45, 2.75) is 18.6 Å². The van der Waals surface area contributed by atoms with Crippen molar-refractivity contribution in [1.82, 2.24) is 5.32 Å². The summed E-state index contributed by atoms with van der Waals surface area (Å²) in [4.78, 5) is 32.3. The van der Waals surface area contributed by atoms with Crippen molar-refractivity contribution >= 4 is 17.8 Å². The molecular formula is C9H11NO8. The molecule has 0 saturated carbocycles. The third-order valence-corrected chi connectivity index (χ3v) is 2.13. The molecule has 9 heteroatoms. The van der Waals surface area contributed by atoms with Crippen LogP contribution in [0.5, 0.6) is 0 Å². The maximum absolute atomic E-state index is 11.3. The third-order valence-electron chi connectivity index (χ3n) is 2.13. The van der Waals surface area contributed by atoms with Gasteiger partial charge in [0.1, 0.15) is 0 Å². The molecule has 0 radical (unpaired) electrons. The van der Waals surface area contributed by atoms with Gasteiger partial charge in [-0.15, -0.1) is 0 Å². The molecule has 1 rings (SSSR count). The second kappa shape index (κ2) is 5.36. The number of aliphatic carboxylic acids is 1. The number of hydrogen-bond acceptors (Lipinski definition) is 7. The number of hydrogen-bond donors (Lipinski definition) is 5. The number of carbonyl (C=O) groups is 3. The van der Waals surface area contributed by atoms with Gasteiger partial charge in [0.15, 0.2) is 18.0 Å². The molecule has 18 heavy (non-hydrogen) atoms. The molecule has 0 aliphatic carbocycles. The summed E-state index contributed by atoms with van der Waals surface area (Å²) in [5.41, 5.74) is 0. The molecule has 0 unspecified atom stereocenters. The Morgan fingerprint density at radius 1 is 1.39 bits per heavy atom. The summed E-state index contributed by atoms with van der Waals surface area (Å²) >= 11 is 0. The van der Waals surface area contributed by atoms with Gasteiger partial charge in [0.05, 0.1) is 6.42 Å². The largest absolute Gasteiger partial charge is 0.505 e. The molecule has 0 fully saturated rings. The van der Waals surface area contributed by atoms with Crippen molar-refractivity contribution in [1.29, 1.82) is 0 Å². The molecule has 9 nitrogen and oxygen atoms in total. The van der Waals surface area contributed by atoms with E-state index >= 15 is 0 Å². The van der Waals surface area contributed by atoms with Crippen LogP contribution in [0.4, 0.5) is 0 Å². The molecule has 1 aliphatic heterocycles. The standard InChI is InChI=1S/C9H11NO8/c11-3(12)1-2-10-8(16)6(15)7-4(13)5(14)9(17)18-7/h6-7,13-15H,1-2H2,(H,10,16)(H,11,12)/t6-,7+/m1/s1. The van der Waals surface area contributed by atoms with Gasteiger partial charge in [-0.2, -0.15) is 0 Å². The van der Waals surface area contributed by atoms with Crippen LogP contribution in [0.3, 0.4) is 0 Å². The van der Waals surface area contributed by atoms with Crippen LogP contribution in [0, 0.1) is 0 Å². The van der Waals surface area contributed by atoms with Crippen molar-refractivity contribution in [3.8, 4) is 0 Å². The number of aliphatic hydroxyl groups excluding tert-OH is 3. The van der Waals surface area contributed by atoms with Crippen LogP contribution in [0.1, 0.15) is 6.42 Å². The summed E-state index contributed by atoms with van der Waals surface area (Å²) in [5, 5.41) is 38.0. The van der Waals surface area contributed by atoms with E-state index in [1.807, 2.05) is 0 Å². The first-order valence-corrected chi connectivity index (χ1v) is 4.85. The van der Waals surface area contributed by atoms with Gasteiger partial charge < -0.3 is 30.5 Å². The van der Waals surface area contributed by atoms with Gasteiger partial charge in [-0.3, -0.25) is 9.59 Å². The Hall–Kier alpha value is -2.29. The fraction of sp³-hybridized carbons (Fsp3) is 0.444. The van der Waals surface area contributed by atoms with Crippen LogP contribution in [-0.4, -0.2) is 57.0 Å². The first-order valence-electron chi connectivity index (χ1n) is 4.85. The molecule has 1 heterocycles. The Balaban J connectivity index is 2.55. The van der Waals surface area contributed by atoms with E-state index in [-0.39, 0.29) is 13.0 Å². The van der Waals surface area contributed by atoms with Gasteiger partial charge in [0.25, 0.3) is 5.91 Å². The molecule has 5 N–H and O–H groups in total. The second-order valence-electron chi connectivity index (χ2n) is 3.44. The van der Waals surface area contributed by atoms with Crippen molar-refractivity contribution in [3.05, 3.63) is 11.5 Å². The summed E-state index contributed by atoms with van der Waals surface area (Å²) < 4.78 is 4.36. The minimum atomic E-state index is -1.94. The third kappa shape index (κ3) is 2.88. The maximum atomic E-state index is 11.3. The molecule has 0 spiro atoms. The number of aliphatic hydroxyl groups is 3. The minimum Gasteiger partial charge on any atom is -0.505 e. The highest BCUT2D eigenvalue weighted by molar-refractivity contribution is 5.91. The summed E-state index contributed by atoms with van der Waals surface area (Å²) in [7, 11) is 0. The number of carbonyl (C=O) groups excluding carboxylic acids is 2. The Morgan fingerprint density at radius 2 is 2.00 bits per heavy atom. The normalized spacial score (nSPS) is 20.5. The summed E-state index contributed by atoms with van der Waals surface area (Å²) in [6, 6.07) is 0. The van der Waals surface area contributed by atoms with E-state index in [0.29, 0.717) is 0 Å². The highest BCUT2D eigenvalue weighted by Gasteiger charge is 2.42. The molecule has 0 bridgehead atoms. The van der Waals surface area contributed by atoms with Crippen LogP contribution in [0.25, 0.3) is 0 Å². The first-order chi connectivity index (χ1) is 8.34. The minimum absolute atomic E-state index is 0.234. The average Bonchev–Trinajstić information content (AvgIpc) is 2.55. The molecule has 100 valence electrons. The van der Waals surface area contributed by atoms with Gasteiger partial charge in [-0.1, -0.05) is 0 Å². The Kier molecular flexibility index (Phi) is 4.10. The number of ether oxygens (including phenoxy) is 1. The average molecular weight is 261 g/mol. The molecule has 0 aromatic carbocycles. The fourth-order valence-electron chi connectivity index (χ4n) is 1.21. The predicted molar refractivity (Wildman–Crippen MR) is 53.4 cm³/mol. The van der Waals surface area contributed by atoms with E-state index in [9.17, 15) is 24.6 Å². The summed E-state index contributed by atoms with van der Waals surface area (Å²) in [6.45, 7) is -0.234. The van der Waals surface area contributed by atoms with E-state index in [1.165, 1.54) is 0 Å². The number of rotatable bonds is 5. The van der Waals surface area contributed by atoms with Gasteiger partial charge >= 0.3 is 11.9 Å². The Morgan fingerprint density at radius 3 is 2.44 bits per heavy atom. The molecule has 1 aliphatic rings. The van der Waals surface area contributed by atoms with Crippen molar-refractivity contribution in [2.24, 2.45) is 0 Å². The highest BCUT2D eigenvalue weighted by Crippen LogP contribution is 2.21. The number of nitrogens with one attached hydrogen (secondary N) is 1. The molecule has 0 saturated heterocycles.